The summed E-state index contributed by atoms with van der Waals surface area (Å²) in [5.74, 6) is 0. The molecule has 0 spiro atoms. The number of piperidine rings is 1. The highest BCUT2D eigenvalue weighted by Crippen LogP contribution is 2.25. The predicted molar refractivity (Wildman–Crippen MR) is 75.5 cm³/mol. The van der Waals surface area contributed by atoms with Crippen molar-refractivity contribution in [1.29, 1.82) is 5.26 Å². The van der Waals surface area contributed by atoms with Gasteiger partial charge in [0.25, 0.3) is 0 Å². The summed E-state index contributed by atoms with van der Waals surface area (Å²) in [5, 5.41) is 9.23. The predicted octanol–water partition coefficient (Wildman–Crippen LogP) is 1.90. The number of benzene rings is 1. The molecule has 1 aromatic carbocycles. The third-order valence-corrected chi connectivity index (χ3v) is 3.89. The minimum atomic E-state index is 0.463. The largest absolute Gasteiger partial charge is 0.370 e. The molecule has 4 heteroatoms. The van der Waals surface area contributed by atoms with E-state index in [0.29, 0.717) is 17.2 Å². The van der Waals surface area contributed by atoms with E-state index in [2.05, 4.69) is 22.9 Å². The Hall–Kier alpha value is -1.86. The lowest BCUT2D eigenvalue weighted by Gasteiger charge is -2.36. The molecular weight excluding hydrogens is 238 g/mol. The minimum absolute atomic E-state index is 0.463. The summed E-state index contributed by atoms with van der Waals surface area (Å²) >= 11 is 0. The number of hydrogen-bond acceptors (Lipinski definition) is 4. The summed E-state index contributed by atoms with van der Waals surface area (Å²) in [6.45, 7) is 2.17. The van der Waals surface area contributed by atoms with Crippen LogP contribution in [0.5, 0.6) is 0 Å². The SMILES string of the molecule is CN1CCC(N(C)c2ccc(C=O)cc2C#N)CC1. The van der Waals surface area contributed by atoms with Gasteiger partial charge in [0.1, 0.15) is 12.4 Å². The van der Waals surface area contributed by atoms with Gasteiger partial charge in [-0.1, -0.05) is 0 Å². The van der Waals surface area contributed by atoms with Gasteiger partial charge in [-0.05, 0) is 51.2 Å². The van der Waals surface area contributed by atoms with Gasteiger partial charge in [0.15, 0.2) is 0 Å². The van der Waals surface area contributed by atoms with E-state index in [1.54, 1.807) is 12.1 Å². The molecule has 0 saturated carbocycles. The molecule has 100 valence electrons. The van der Waals surface area contributed by atoms with Crippen molar-refractivity contribution in [1.82, 2.24) is 4.90 Å². The van der Waals surface area contributed by atoms with E-state index in [4.69, 9.17) is 0 Å². The van der Waals surface area contributed by atoms with Gasteiger partial charge < -0.3 is 9.80 Å². The maximum Gasteiger partial charge on any atom is 0.150 e. The third-order valence-electron chi connectivity index (χ3n) is 3.89. The van der Waals surface area contributed by atoms with Crippen LogP contribution in [0.3, 0.4) is 0 Å². The number of anilines is 1. The van der Waals surface area contributed by atoms with Gasteiger partial charge in [0.05, 0.1) is 11.3 Å². The van der Waals surface area contributed by atoms with Gasteiger partial charge in [-0.3, -0.25) is 4.79 Å². The van der Waals surface area contributed by atoms with Crippen LogP contribution in [0.2, 0.25) is 0 Å². The molecule has 0 N–H and O–H groups in total. The first kappa shape index (κ1) is 13.6. The first-order chi connectivity index (χ1) is 9.15. The molecule has 1 aliphatic heterocycles. The van der Waals surface area contributed by atoms with Crippen LogP contribution in [0.4, 0.5) is 5.69 Å². The Kier molecular flexibility index (Phi) is 4.18. The number of carbonyl (C=O) groups excluding carboxylic acids is 1. The maximum atomic E-state index is 10.8. The molecule has 4 nitrogen and oxygen atoms in total. The smallest absolute Gasteiger partial charge is 0.150 e. The average molecular weight is 257 g/mol. The van der Waals surface area contributed by atoms with Crippen molar-refractivity contribution in [2.75, 3.05) is 32.1 Å². The van der Waals surface area contributed by atoms with Crippen molar-refractivity contribution in [2.45, 2.75) is 18.9 Å². The number of likely N-dealkylation sites (tertiary alicyclic amines) is 1. The van der Waals surface area contributed by atoms with Crippen molar-refractivity contribution >= 4 is 12.0 Å². The van der Waals surface area contributed by atoms with Crippen LogP contribution in [0.15, 0.2) is 18.2 Å². The van der Waals surface area contributed by atoms with E-state index in [0.717, 1.165) is 37.9 Å². The van der Waals surface area contributed by atoms with Crippen LogP contribution in [-0.2, 0) is 0 Å². The molecule has 0 aromatic heterocycles. The lowest BCUT2D eigenvalue weighted by Crippen LogP contribution is -2.42. The first-order valence-corrected chi connectivity index (χ1v) is 6.56. The summed E-state index contributed by atoms with van der Waals surface area (Å²) in [7, 11) is 4.17. The van der Waals surface area contributed by atoms with Crippen LogP contribution in [0, 0.1) is 11.3 Å². The molecule has 1 heterocycles. The van der Waals surface area contributed by atoms with Gasteiger partial charge >= 0.3 is 0 Å². The molecule has 1 saturated heterocycles. The molecule has 19 heavy (non-hydrogen) atoms. The molecule has 1 aliphatic rings. The topological polar surface area (TPSA) is 47.3 Å². The fourth-order valence-corrected chi connectivity index (χ4v) is 2.60. The molecule has 0 radical (unpaired) electrons. The summed E-state index contributed by atoms with van der Waals surface area (Å²) in [5.41, 5.74) is 2.05. The number of aldehydes is 1. The Bertz CT molecular complexity index is 499. The van der Waals surface area contributed by atoms with Crippen molar-refractivity contribution in [2.24, 2.45) is 0 Å². The third kappa shape index (κ3) is 2.94. The second-order valence-corrected chi connectivity index (χ2v) is 5.15. The van der Waals surface area contributed by atoms with E-state index in [1.165, 1.54) is 0 Å². The fourth-order valence-electron chi connectivity index (χ4n) is 2.60. The highest BCUT2D eigenvalue weighted by molar-refractivity contribution is 5.78. The van der Waals surface area contributed by atoms with Gasteiger partial charge in [0, 0.05) is 18.7 Å². The second-order valence-electron chi connectivity index (χ2n) is 5.15. The Morgan fingerprint density at radius 3 is 2.68 bits per heavy atom. The Balaban J connectivity index is 2.21. The second kappa shape index (κ2) is 5.85. The summed E-state index contributed by atoms with van der Waals surface area (Å²) in [4.78, 5) is 15.3. The summed E-state index contributed by atoms with van der Waals surface area (Å²) in [6, 6.07) is 7.96. The zero-order valence-corrected chi connectivity index (χ0v) is 11.5. The van der Waals surface area contributed by atoms with Gasteiger partial charge in [0.2, 0.25) is 0 Å². The van der Waals surface area contributed by atoms with Gasteiger partial charge in [-0.15, -0.1) is 0 Å². The molecular formula is C15H19N3O. The molecule has 1 aromatic rings. The zero-order chi connectivity index (χ0) is 13.8. The molecule has 0 bridgehead atoms. The number of carbonyl (C=O) groups is 1. The van der Waals surface area contributed by atoms with Crippen LogP contribution < -0.4 is 4.90 Å². The molecule has 2 rings (SSSR count). The first-order valence-electron chi connectivity index (χ1n) is 6.56. The normalized spacial score (nSPS) is 16.9. The Morgan fingerprint density at radius 1 is 1.42 bits per heavy atom. The Morgan fingerprint density at radius 2 is 2.11 bits per heavy atom. The van der Waals surface area contributed by atoms with Crippen molar-refractivity contribution < 1.29 is 4.79 Å². The van der Waals surface area contributed by atoms with Crippen LogP contribution in [0.1, 0.15) is 28.8 Å². The average Bonchev–Trinajstić information content (AvgIpc) is 2.46. The van der Waals surface area contributed by atoms with E-state index in [-0.39, 0.29) is 0 Å². The van der Waals surface area contributed by atoms with Crippen molar-refractivity contribution in [3.05, 3.63) is 29.3 Å². The monoisotopic (exact) mass is 257 g/mol. The van der Waals surface area contributed by atoms with Crippen LogP contribution in [0.25, 0.3) is 0 Å². The maximum absolute atomic E-state index is 10.8. The number of nitriles is 1. The van der Waals surface area contributed by atoms with Crippen molar-refractivity contribution in [3.8, 4) is 6.07 Å². The van der Waals surface area contributed by atoms with Crippen LogP contribution >= 0.6 is 0 Å². The quantitative estimate of drug-likeness (QED) is 0.776. The highest BCUT2D eigenvalue weighted by Gasteiger charge is 2.22. The number of rotatable bonds is 3. The molecule has 0 amide bonds. The Labute approximate surface area is 114 Å². The molecule has 0 aliphatic carbocycles. The van der Waals surface area contributed by atoms with Gasteiger partial charge in [-0.25, -0.2) is 0 Å². The lowest BCUT2D eigenvalue weighted by molar-refractivity contribution is 0.112. The fraction of sp³-hybridized carbons (Fsp3) is 0.467. The lowest BCUT2D eigenvalue weighted by atomic mass is 10.0. The van der Waals surface area contributed by atoms with E-state index < -0.39 is 0 Å². The number of nitrogens with zero attached hydrogens (tertiary/aromatic N) is 3. The summed E-state index contributed by atoms with van der Waals surface area (Å²) in [6.07, 6.45) is 2.99. The van der Waals surface area contributed by atoms with E-state index >= 15 is 0 Å². The van der Waals surface area contributed by atoms with Crippen molar-refractivity contribution in [3.63, 3.8) is 0 Å². The van der Waals surface area contributed by atoms with E-state index in [1.807, 2.05) is 13.1 Å². The zero-order valence-electron chi connectivity index (χ0n) is 11.5. The molecule has 0 atom stereocenters. The van der Waals surface area contributed by atoms with Gasteiger partial charge in [-0.2, -0.15) is 5.26 Å². The number of hydrogen-bond donors (Lipinski definition) is 0. The molecule has 1 fully saturated rings. The molecule has 0 unspecified atom stereocenters. The minimum Gasteiger partial charge on any atom is -0.370 e. The highest BCUT2D eigenvalue weighted by atomic mass is 16.1. The van der Waals surface area contributed by atoms with Crippen LogP contribution in [-0.4, -0.2) is 44.4 Å². The summed E-state index contributed by atoms with van der Waals surface area (Å²) < 4.78 is 0. The van der Waals surface area contributed by atoms with E-state index in [9.17, 15) is 10.1 Å². The standard InChI is InChI=1S/C15H19N3O/c1-17-7-5-14(6-8-17)18(2)15-4-3-12(11-19)9-13(15)10-16/h3-4,9,11,14H,5-8H2,1-2H3.